The zero-order valence-corrected chi connectivity index (χ0v) is 16.4. The van der Waals surface area contributed by atoms with Crippen molar-refractivity contribution < 1.29 is 9.59 Å². The molecular formula is C21H32N2O2. The van der Waals surface area contributed by atoms with Crippen molar-refractivity contribution >= 4 is 11.8 Å². The van der Waals surface area contributed by atoms with Crippen molar-refractivity contribution in [2.24, 2.45) is 17.8 Å². The Hall–Kier alpha value is -1.84. The molecule has 1 N–H and O–H groups in total. The SMILES string of the molecule is CCC(C)C(=O)N1CC(C)[C@H](C)C1C(=O)NC(C)c1ccc(C)cc1. The molecule has 4 unspecified atom stereocenters. The molecule has 1 aromatic carbocycles. The van der Waals surface area contributed by atoms with Crippen LogP contribution in [-0.2, 0) is 9.59 Å². The number of nitrogens with zero attached hydrogens (tertiary/aromatic N) is 1. The minimum atomic E-state index is -0.371. The number of rotatable bonds is 5. The average molecular weight is 344 g/mol. The third kappa shape index (κ3) is 4.23. The van der Waals surface area contributed by atoms with Gasteiger partial charge >= 0.3 is 0 Å². The first kappa shape index (κ1) is 19.5. The minimum Gasteiger partial charge on any atom is -0.348 e. The second-order valence-corrected chi connectivity index (χ2v) is 7.72. The van der Waals surface area contributed by atoms with Crippen molar-refractivity contribution in [2.45, 2.75) is 60.0 Å². The quantitative estimate of drug-likeness (QED) is 0.885. The number of amides is 2. The van der Waals surface area contributed by atoms with Crippen molar-refractivity contribution in [2.75, 3.05) is 6.54 Å². The smallest absolute Gasteiger partial charge is 0.243 e. The zero-order valence-electron chi connectivity index (χ0n) is 16.4. The molecule has 4 nitrogen and oxygen atoms in total. The summed E-state index contributed by atoms with van der Waals surface area (Å²) in [5.41, 5.74) is 2.28. The van der Waals surface area contributed by atoms with Crippen LogP contribution >= 0.6 is 0 Å². The summed E-state index contributed by atoms with van der Waals surface area (Å²) in [7, 11) is 0. The van der Waals surface area contributed by atoms with Crippen LogP contribution in [0.4, 0.5) is 0 Å². The van der Waals surface area contributed by atoms with Crippen LogP contribution in [0.1, 0.15) is 58.2 Å². The van der Waals surface area contributed by atoms with Gasteiger partial charge in [-0.05, 0) is 37.7 Å². The molecule has 0 radical (unpaired) electrons. The first-order valence-electron chi connectivity index (χ1n) is 9.43. The Balaban J connectivity index is 2.13. The zero-order chi connectivity index (χ0) is 18.7. The number of carbonyl (C=O) groups excluding carboxylic acids is 2. The lowest BCUT2D eigenvalue weighted by molar-refractivity contribution is -0.142. The largest absolute Gasteiger partial charge is 0.348 e. The highest BCUT2D eigenvalue weighted by Crippen LogP contribution is 2.31. The van der Waals surface area contributed by atoms with E-state index in [1.54, 1.807) is 4.90 Å². The summed E-state index contributed by atoms with van der Waals surface area (Å²) in [6, 6.07) is 7.75. The molecule has 138 valence electrons. The van der Waals surface area contributed by atoms with Crippen LogP contribution in [0.5, 0.6) is 0 Å². The van der Waals surface area contributed by atoms with Gasteiger partial charge in [-0.2, -0.15) is 0 Å². The standard InChI is InChI=1S/C21H32N2O2/c1-7-14(3)21(25)23-12-15(4)16(5)19(23)20(24)22-17(6)18-10-8-13(2)9-11-18/h8-11,14-17,19H,7,12H2,1-6H3,(H,22,24)/t14?,15?,16-,17?,19?/m0/s1. The van der Waals surface area contributed by atoms with Crippen molar-refractivity contribution in [3.05, 3.63) is 35.4 Å². The molecular weight excluding hydrogens is 312 g/mol. The summed E-state index contributed by atoms with van der Waals surface area (Å²) in [6.07, 6.45) is 0.798. The molecule has 1 heterocycles. The van der Waals surface area contributed by atoms with E-state index in [1.807, 2.05) is 39.8 Å². The van der Waals surface area contributed by atoms with Gasteiger partial charge in [-0.15, -0.1) is 0 Å². The highest BCUT2D eigenvalue weighted by Gasteiger charge is 2.44. The maximum absolute atomic E-state index is 13.0. The molecule has 1 aromatic rings. The van der Waals surface area contributed by atoms with Gasteiger partial charge in [-0.3, -0.25) is 9.59 Å². The van der Waals surface area contributed by atoms with E-state index in [0.29, 0.717) is 12.5 Å². The van der Waals surface area contributed by atoms with Crippen molar-refractivity contribution in [1.82, 2.24) is 10.2 Å². The van der Waals surface area contributed by atoms with Crippen LogP contribution < -0.4 is 5.32 Å². The van der Waals surface area contributed by atoms with Gasteiger partial charge in [-0.1, -0.05) is 57.5 Å². The van der Waals surface area contributed by atoms with Crippen molar-refractivity contribution in [1.29, 1.82) is 0 Å². The minimum absolute atomic E-state index is 0.0395. The van der Waals surface area contributed by atoms with Crippen LogP contribution in [-0.4, -0.2) is 29.3 Å². The Morgan fingerprint density at radius 3 is 2.36 bits per heavy atom. The molecule has 1 saturated heterocycles. The van der Waals surface area contributed by atoms with Gasteiger partial charge < -0.3 is 10.2 Å². The number of nitrogens with one attached hydrogen (secondary N) is 1. The molecule has 0 spiro atoms. The molecule has 2 amide bonds. The van der Waals surface area contributed by atoms with E-state index >= 15 is 0 Å². The first-order chi connectivity index (χ1) is 11.8. The maximum atomic E-state index is 13.0. The van der Waals surface area contributed by atoms with E-state index in [2.05, 4.69) is 31.3 Å². The first-order valence-corrected chi connectivity index (χ1v) is 9.43. The van der Waals surface area contributed by atoms with E-state index in [9.17, 15) is 9.59 Å². The molecule has 2 rings (SSSR count). The lowest BCUT2D eigenvalue weighted by Crippen LogP contribution is -2.49. The predicted octanol–water partition coefficient (Wildman–Crippen LogP) is 3.70. The number of hydrogen-bond donors (Lipinski definition) is 1. The lowest BCUT2D eigenvalue weighted by atomic mass is 9.93. The molecule has 0 aromatic heterocycles. The number of benzene rings is 1. The van der Waals surface area contributed by atoms with Crippen LogP contribution in [0.2, 0.25) is 0 Å². The Morgan fingerprint density at radius 1 is 1.20 bits per heavy atom. The summed E-state index contributed by atoms with van der Waals surface area (Å²) in [6.45, 7) is 12.9. The van der Waals surface area contributed by atoms with Crippen LogP contribution in [0.3, 0.4) is 0 Å². The Kier molecular flexibility index (Phi) is 6.26. The van der Waals surface area contributed by atoms with Gasteiger partial charge in [0, 0.05) is 12.5 Å². The highest BCUT2D eigenvalue weighted by atomic mass is 16.2. The number of aryl methyl sites for hydroxylation is 1. The van der Waals surface area contributed by atoms with Gasteiger partial charge in [0.2, 0.25) is 11.8 Å². The Morgan fingerprint density at radius 2 is 1.80 bits per heavy atom. The molecule has 5 atom stereocenters. The third-order valence-corrected chi connectivity index (χ3v) is 5.74. The molecule has 4 heteroatoms. The normalized spacial score (nSPS) is 25.5. The number of likely N-dealkylation sites (tertiary alicyclic amines) is 1. The van der Waals surface area contributed by atoms with Gasteiger partial charge in [0.25, 0.3) is 0 Å². The summed E-state index contributed by atoms with van der Waals surface area (Å²) in [5.74, 6) is 0.516. The maximum Gasteiger partial charge on any atom is 0.243 e. The molecule has 0 aliphatic carbocycles. The summed E-state index contributed by atoms with van der Waals surface area (Å²) in [4.78, 5) is 27.5. The topological polar surface area (TPSA) is 49.4 Å². The number of carbonyl (C=O) groups is 2. The van der Waals surface area contributed by atoms with E-state index in [4.69, 9.17) is 0 Å². The van der Waals surface area contributed by atoms with Crippen LogP contribution in [0, 0.1) is 24.7 Å². The van der Waals surface area contributed by atoms with E-state index in [1.165, 1.54) is 5.56 Å². The van der Waals surface area contributed by atoms with Crippen molar-refractivity contribution in [3.8, 4) is 0 Å². The third-order valence-electron chi connectivity index (χ3n) is 5.74. The molecule has 1 aliphatic heterocycles. The second kappa shape index (κ2) is 8.03. The molecule has 0 saturated carbocycles. The molecule has 1 fully saturated rings. The van der Waals surface area contributed by atoms with E-state index < -0.39 is 0 Å². The van der Waals surface area contributed by atoms with Crippen LogP contribution in [0.15, 0.2) is 24.3 Å². The fourth-order valence-corrected chi connectivity index (χ4v) is 3.49. The second-order valence-electron chi connectivity index (χ2n) is 7.72. The summed E-state index contributed by atoms with van der Waals surface area (Å²) >= 11 is 0. The van der Waals surface area contributed by atoms with Crippen LogP contribution in [0.25, 0.3) is 0 Å². The fraction of sp³-hybridized carbons (Fsp3) is 0.619. The van der Waals surface area contributed by atoms with Gasteiger partial charge in [-0.25, -0.2) is 0 Å². The average Bonchev–Trinajstić information content (AvgIpc) is 2.89. The lowest BCUT2D eigenvalue weighted by Gasteiger charge is -2.29. The number of hydrogen-bond acceptors (Lipinski definition) is 2. The monoisotopic (exact) mass is 344 g/mol. The van der Waals surface area contributed by atoms with Gasteiger partial charge in [0.15, 0.2) is 0 Å². The fourth-order valence-electron chi connectivity index (χ4n) is 3.49. The molecule has 25 heavy (non-hydrogen) atoms. The van der Waals surface area contributed by atoms with Gasteiger partial charge in [0.05, 0.1) is 6.04 Å². The Bertz CT molecular complexity index is 611. The van der Waals surface area contributed by atoms with E-state index in [-0.39, 0.29) is 35.7 Å². The predicted molar refractivity (Wildman–Crippen MR) is 101 cm³/mol. The summed E-state index contributed by atoms with van der Waals surface area (Å²) < 4.78 is 0. The molecule has 0 bridgehead atoms. The Labute approximate surface area is 152 Å². The highest BCUT2D eigenvalue weighted by molar-refractivity contribution is 5.89. The van der Waals surface area contributed by atoms with Crippen molar-refractivity contribution in [3.63, 3.8) is 0 Å². The summed E-state index contributed by atoms with van der Waals surface area (Å²) in [5, 5.41) is 3.12. The molecule has 1 aliphatic rings. The van der Waals surface area contributed by atoms with Gasteiger partial charge in [0.1, 0.15) is 6.04 Å². The van der Waals surface area contributed by atoms with E-state index in [0.717, 1.165) is 12.0 Å².